The van der Waals surface area contributed by atoms with Gasteiger partial charge < -0.3 is 4.42 Å². The van der Waals surface area contributed by atoms with E-state index in [1.807, 2.05) is 6.92 Å². The number of amides is 2. The van der Waals surface area contributed by atoms with E-state index in [0.29, 0.717) is 18.7 Å². The SMILES string of the molecule is CCCN1C(=O)S/C(=C/c2ccc(-c3cccc(C(F)(F)F)c3)o2)C1=O. The van der Waals surface area contributed by atoms with Gasteiger partial charge in [0.25, 0.3) is 11.1 Å². The summed E-state index contributed by atoms with van der Waals surface area (Å²) in [6.07, 6.45) is -2.35. The zero-order valence-corrected chi connectivity index (χ0v) is 14.5. The molecule has 2 aromatic rings. The molecule has 1 fully saturated rings. The van der Waals surface area contributed by atoms with Gasteiger partial charge >= 0.3 is 6.18 Å². The molecule has 1 aliphatic heterocycles. The molecule has 0 aliphatic carbocycles. The van der Waals surface area contributed by atoms with E-state index >= 15 is 0 Å². The average molecular weight is 381 g/mol. The highest BCUT2D eigenvalue weighted by molar-refractivity contribution is 8.18. The van der Waals surface area contributed by atoms with Gasteiger partial charge in [-0.1, -0.05) is 19.1 Å². The summed E-state index contributed by atoms with van der Waals surface area (Å²) < 4.78 is 44.0. The Balaban J connectivity index is 1.85. The van der Waals surface area contributed by atoms with Gasteiger partial charge in [-0.2, -0.15) is 13.2 Å². The van der Waals surface area contributed by atoms with Gasteiger partial charge in [-0.15, -0.1) is 0 Å². The maximum atomic E-state index is 12.8. The minimum atomic E-state index is -4.44. The van der Waals surface area contributed by atoms with Crippen molar-refractivity contribution in [2.24, 2.45) is 0 Å². The van der Waals surface area contributed by atoms with E-state index in [1.54, 1.807) is 6.07 Å². The first kappa shape index (κ1) is 18.3. The van der Waals surface area contributed by atoms with Crippen molar-refractivity contribution >= 4 is 29.0 Å². The van der Waals surface area contributed by atoms with Gasteiger partial charge in [-0.05, 0) is 42.4 Å². The van der Waals surface area contributed by atoms with Crippen LogP contribution in [0.2, 0.25) is 0 Å². The zero-order chi connectivity index (χ0) is 18.9. The van der Waals surface area contributed by atoms with Gasteiger partial charge in [0, 0.05) is 18.2 Å². The monoisotopic (exact) mass is 381 g/mol. The molecule has 4 nitrogen and oxygen atoms in total. The molecule has 3 rings (SSSR count). The molecule has 0 unspecified atom stereocenters. The molecule has 0 N–H and O–H groups in total. The van der Waals surface area contributed by atoms with Crippen LogP contribution in [0.1, 0.15) is 24.7 Å². The number of furan rings is 1. The van der Waals surface area contributed by atoms with Gasteiger partial charge in [0.1, 0.15) is 11.5 Å². The van der Waals surface area contributed by atoms with E-state index in [9.17, 15) is 22.8 Å². The Morgan fingerprint density at radius 2 is 1.96 bits per heavy atom. The van der Waals surface area contributed by atoms with Crippen molar-refractivity contribution in [1.29, 1.82) is 0 Å². The summed E-state index contributed by atoms with van der Waals surface area (Å²) >= 11 is 0.817. The van der Waals surface area contributed by atoms with Crippen LogP contribution in [0, 0.1) is 0 Å². The van der Waals surface area contributed by atoms with Crippen molar-refractivity contribution in [1.82, 2.24) is 4.90 Å². The molecule has 2 amide bonds. The number of hydrogen-bond donors (Lipinski definition) is 0. The van der Waals surface area contributed by atoms with Crippen LogP contribution in [0.4, 0.5) is 18.0 Å². The van der Waals surface area contributed by atoms with Gasteiger partial charge in [-0.3, -0.25) is 14.5 Å². The quantitative estimate of drug-likeness (QED) is 0.665. The van der Waals surface area contributed by atoms with Crippen LogP contribution in [0.25, 0.3) is 17.4 Å². The van der Waals surface area contributed by atoms with Crippen LogP contribution >= 0.6 is 11.8 Å². The fraction of sp³-hybridized carbons (Fsp3) is 0.222. The largest absolute Gasteiger partial charge is 0.457 e. The standard InChI is InChI=1S/C18H14F3NO3S/c1-2-8-22-16(23)15(26-17(22)24)10-13-6-7-14(25-13)11-4-3-5-12(9-11)18(19,20)21/h3-7,9-10H,2,8H2,1H3/b15-10+. The molecule has 2 heterocycles. The maximum absolute atomic E-state index is 12.8. The molecule has 0 spiro atoms. The van der Waals surface area contributed by atoms with Crippen LogP contribution in [-0.4, -0.2) is 22.6 Å². The lowest BCUT2D eigenvalue weighted by atomic mass is 10.1. The smallest absolute Gasteiger partial charge is 0.416 e. The van der Waals surface area contributed by atoms with Crippen LogP contribution < -0.4 is 0 Å². The number of rotatable bonds is 4. The van der Waals surface area contributed by atoms with Crippen molar-refractivity contribution in [3.05, 3.63) is 52.6 Å². The molecular weight excluding hydrogens is 367 g/mol. The fourth-order valence-corrected chi connectivity index (χ4v) is 3.33. The second-order valence-corrected chi connectivity index (χ2v) is 6.61. The summed E-state index contributed by atoms with van der Waals surface area (Å²) in [5.74, 6) is 0.147. The lowest BCUT2D eigenvalue weighted by Crippen LogP contribution is -2.28. The number of nitrogens with zero attached hydrogens (tertiary/aromatic N) is 1. The van der Waals surface area contributed by atoms with Gasteiger partial charge in [0.2, 0.25) is 0 Å². The maximum Gasteiger partial charge on any atom is 0.416 e. The summed E-state index contributed by atoms with van der Waals surface area (Å²) in [6.45, 7) is 2.20. The normalized spacial score (nSPS) is 16.8. The van der Waals surface area contributed by atoms with Crippen molar-refractivity contribution in [3.63, 3.8) is 0 Å². The highest BCUT2D eigenvalue weighted by Crippen LogP contribution is 2.35. The average Bonchev–Trinajstić information content (AvgIpc) is 3.15. The van der Waals surface area contributed by atoms with Crippen LogP contribution in [0.15, 0.2) is 45.7 Å². The molecular formula is C18H14F3NO3S. The number of halogens is 3. The topological polar surface area (TPSA) is 50.5 Å². The van der Waals surface area contributed by atoms with Crippen molar-refractivity contribution in [2.45, 2.75) is 19.5 Å². The summed E-state index contributed by atoms with van der Waals surface area (Å²) in [7, 11) is 0. The summed E-state index contributed by atoms with van der Waals surface area (Å²) in [4.78, 5) is 25.4. The van der Waals surface area contributed by atoms with Crippen LogP contribution in [0.5, 0.6) is 0 Å². The van der Waals surface area contributed by atoms with Crippen LogP contribution in [-0.2, 0) is 11.0 Å². The number of imide groups is 1. The minimum absolute atomic E-state index is 0.230. The Morgan fingerprint density at radius 1 is 1.19 bits per heavy atom. The lowest BCUT2D eigenvalue weighted by molar-refractivity contribution is -0.137. The number of alkyl halides is 3. The van der Waals surface area contributed by atoms with E-state index in [2.05, 4.69) is 0 Å². The first-order valence-electron chi connectivity index (χ1n) is 7.82. The van der Waals surface area contributed by atoms with E-state index < -0.39 is 11.7 Å². The molecule has 0 bridgehead atoms. The Kier molecular flexibility index (Phi) is 4.95. The lowest BCUT2D eigenvalue weighted by Gasteiger charge is -2.09. The van der Waals surface area contributed by atoms with Crippen molar-refractivity contribution in [2.75, 3.05) is 6.54 Å². The third kappa shape index (κ3) is 3.70. The molecule has 26 heavy (non-hydrogen) atoms. The molecule has 1 aliphatic rings. The number of carbonyl (C=O) groups is 2. The highest BCUT2D eigenvalue weighted by atomic mass is 32.2. The Labute approximate surface area is 151 Å². The minimum Gasteiger partial charge on any atom is -0.457 e. The molecule has 1 aromatic carbocycles. The summed E-state index contributed by atoms with van der Waals surface area (Å²) in [6, 6.07) is 7.86. The molecule has 1 aromatic heterocycles. The molecule has 0 saturated carbocycles. The van der Waals surface area contributed by atoms with Crippen LogP contribution in [0.3, 0.4) is 0 Å². The molecule has 0 radical (unpaired) electrons. The first-order valence-corrected chi connectivity index (χ1v) is 8.64. The number of thioether (sulfide) groups is 1. The van der Waals surface area contributed by atoms with Gasteiger partial charge in [0.05, 0.1) is 10.5 Å². The predicted octanol–water partition coefficient (Wildman–Crippen LogP) is 5.41. The fourth-order valence-electron chi connectivity index (χ4n) is 2.48. The Morgan fingerprint density at radius 3 is 2.65 bits per heavy atom. The first-order chi connectivity index (χ1) is 12.3. The second kappa shape index (κ2) is 7.03. The van der Waals surface area contributed by atoms with Crippen molar-refractivity contribution in [3.8, 4) is 11.3 Å². The van der Waals surface area contributed by atoms with Gasteiger partial charge in [0.15, 0.2) is 0 Å². The number of carbonyl (C=O) groups excluding carboxylic acids is 2. The van der Waals surface area contributed by atoms with E-state index in [4.69, 9.17) is 4.42 Å². The summed E-state index contributed by atoms with van der Waals surface area (Å²) in [5.41, 5.74) is -0.493. The Bertz CT molecular complexity index is 886. The van der Waals surface area contributed by atoms with Crippen molar-refractivity contribution < 1.29 is 27.2 Å². The van der Waals surface area contributed by atoms with E-state index in [0.717, 1.165) is 28.8 Å². The predicted molar refractivity (Wildman–Crippen MR) is 92.1 cm³/mol. The third-order valence-electron chi connectivity index (χ3n) is 3.70. The number of hydrogen-bond acceptors (Lipinski definition) is 4. The molecule has 8 heteroatoms. The van der Waals surface area contributed by atoms with Gasteiger partial charge in [-0.25, -0.2) is 0 Å². The third-order valence-corrected chi connectivity index (χ3v) is 4.60. The second-order valence-electron chi connectivity index (χ2n) is 5.61. The zero-order valence-electron chi connectivity index (χ0n) is 13.7. The summed E-state index contributed by atoms with van der Waals surface area (Å²) in [5, 5.41) is -0.340. The van der Waals surface area contributed by atoms with E-state index in [1.165, 1.54) is 24.3 Å². The van der Waals surface area contributed by atoms with E-state index in [-0.39, 0.29) is 27.4 Å². The highest BCUT2D eigenvalue weighted by Gasteiger charge is 2.34. The molecule has 1 saturated heterocycles. The number of benzene rings is 1. The molecule has 0 atom stereocenters. The molecule has 136 valence electrons. The Hall–Kier alpha value is -2.48.